The molecule has 0 aliphatic heterocycles. The molecule has 0 atom stereocenters. The van der Waals surface area contributed by atoms with Gasteiger partial charge in [-0.25, -0.2) is 4.68 Å². The molecular formula is C30H21Cl2F3N8O2. The highest BCUT2D eigenvalue weighted by Gasteiger charge is 2.37. The van der Waals surface area contributed by atoms with E-state index in [-0.39, 0.29) is 47.0 Å². The molecule has 0 aliphatic rings. The van der Waals surface area contributed by atoms with Gasteiger partial charge in [0.05, 0.1) is 28.0 Å². The number of halogens is 5. The van der Waals surface area contributed by atoms with Crippen LogP contribution in [0.15, 0.2) is 66.7 Å². The Labute approximate surface area is 264 Å². The van der Waals surface area contributed by atoms with Crippen LogP contribution in [0.25, 0.3) is 5.69 Å². The molecule has 5 aromatic rings. The van der Waals surface area contributed by atoms with Crippen LogP contribution in [0.2, 0.25) is 10.0 Å². The molecule has 2 heterocycles. The summed E-state index contributed by atoms with van der Waals surface area (Å²) in [6.07, 6.45) is -5.06. The molecule has 15 heteroatoms. The van der Waals surface area contributed by atoms with Crippen LogP contribution in [0.5, 0.6) is 0 Å². The predicted octanol–water partition coefficient (Wildman–Crippen LogP) is 5.77. The van der Waals surface area contributed by atoms with E-state index in [1.165, 1.54) is 16.8 Å². The highest BCUT2D eigenvalue weighted by molar-refractivity contribution is 6.32. The molecule has 0 bridgehead atoms. The molecule has 228 valence electrons. The van der Waals surface area contributed by atoms with E-state index in [2.05, 4.69) is 25.8 Å². The summed E-state index contributed by atoms with van der Waals surface area (Å²) in [4.78, 5) is 28.0. The molecule has 10 nitrogen and oxygen atoms in total. The third-order valence-corrected chi connectivity index (χ3v) is 7.22. The Morgan fingerprint density at radius 2 is 1.80 bits per heavy atom. The number of alkyl halides is 3. The lowest BCUT2D eigenvalue weighted by atomic mass is 9.93. The van der Waals surface area contributed by atoms with Crippen LogP contribution in [0, 0.1) is 18.3 Å². The number of para-hydroxylation sites is 1. The highest BCUT2D eigenvalue weighted by atomic mass is 35.5. The number of carbonyl (C=O) groups excluding carboxylic acids is 2. The number of aryl methyl sites for hydroxylation is 1. The molecule has 0 spiro atoms. The Balaban J connectivity index is 1.49. The van der Waals surface area contributed by atoms with Crippen molar-refractivity contribution in [1.82, 2.24) is 35.3 Å². The minimum atomic E-state index is -4.78. The van der Waals surface area contributed by atoms with Crippen LogP contribution in [-0.2, 0) is 25.7 Å². The molecular weight excluding hydrogens is 632 g/mol. The van der Waals surface area contributed by atoms with Crippen molar-refractivity contribution in [3.05, 3.63) is 122 Å². The lowest BCUT2D eigenvalue weighted by Gasteiger charge is -2.14. The summed E-state index contributed by atoms with van der Waals surface area (Å²) in [5.41, 5.74) is 2.57. The molecule has 5 rings (SSSR count). The quantitative estimate of drug-likeness (QED) is 0.200. The maximum absolute atomic E-state index is 13.9. The van der Waals surface area contributed by atoms with Crippen molar-refractivity contribution in [2.45, 2.75) is 32.6 Å². The number of nitriles is 1. The number of ketones is 1. The summed E-state index contributed by atoms with van der Waals surface area (Å²) in [5, 5.41) is 27.4. The van der Waals surface area contributed by atoms with Gasteiger partial charge in [0.15, 0.2) is 5.78 Å². The minimum Gasteiger partial charge on any atom is -0.348 e. The molecule has 0 saturated carbocycles. The van der Waals surface area contributed by atoms with E-state index in [1.807, 2.05) is 6.07 Å². The van der Waals surface area contributed by atoms with Crippen LogP contribution in [0.4, 0.5) is 13.2 Å². The van der Waals surface area contributed by atoms with Crippen molar-refractivity contribution in [2.75, 3.05) is 0 Å². The maximum atomic E-state index is 13.9. The van der Waals surface area contributed by atoms with Gasteiger partial charge >= 0.3 is 6.18 Å². The average molecular weight is 653 g/mol. The Bertz CT molecular complexity index is 1960. The Kier molecular flexibility index (Phi) is 8.99. The Morgan fingerprint density at radius 1 is 1.02 bits per heavy atom. The second kappa shape index (κ2) is 12.9. The molecule has 0 saturated heterocycles. The molecule has 0 unspecified atom stereocenters. The molecule has 0 fully saturated rings. The Hall–Kier alpha value is -5.06. The maximum Gasteiger partial charge on any atom is 0.455 e. The third kappa shape index (κ3) is 7.19. The monoisotopic (exact) mass is 652 g/mol. The number of Topliss-reactive ketones (excluding diaryl/α,β-unsaturated/α-hetero) is 1. The Morgan fingerprint density at radius 3 is 2.49 bits per heavy atom. The van der Waals surface area contributed by atoms with Gasteiger partial charge in [-0.2, -0.15) is 28.3 Å². The normalized spacial score (nSPS) is 11.3. The van der Waals surface area contributed by atoms with E-state index in [0.717, 1.165) is 5.56 Å². The summed E-state index contributed by atoms with van der Waals surface area (Å²) in [6, 6.07) is 19.9. The van der Waals surface area contributed by atoms with Crippen molar-refractivity contribution in [3.63, 3.8) is 0 Å². The number of rotatable bonds is 9. The van der Waals surface area contributed by atoms with Crippen LogP contribution < -0.4 is 5.32 Å². The van der Waals surface area contributed by atoms with E-state index in [9.17, 15) is 28.0 Å². The smallest absolute Gasteiger partial charge is 0.348 e. The van der Waals surface area contributed by atoms with Gasteiger partial charge in [-0.15, -0.1) is 10.2 Å². The van der Waals surface area contributed by atoms with E-state index < -0.39 is 23.7 Å². The van der Waals surface area contributed by atoms with Gasteiger partial charge in [0.25, 0.3) is 11.7 Å². The molecule has 1 N–H and O–H groups in total. The van der Waals surface area contributed by atoms with Gasteiger partial charge < -0.3 is 5.32 Å². The van der Waals surface area contributed by atoms with Crippen molar-refractivity contribution in [3.8, 4) is 11.8 Å². The lowest BCUT2D eigenvalue weighted by molar-refractivity contribution is -0.145. The van der Waals surface area contributed by atoms with Gasteiger partial charge in [-0.3, -0.25) is 9.59 Å². The fourth-order valence-electron chi connectivity index (χ4n) is 4.58. The van der Waals surface area contributed by atoms with Gasteiger partial charge in [-0.05, 0) is 71.3 Å². The van der Waals surface area contributed by atoms with Crippen LogP contribution in [-0.4, -0.2) is 41.7 Å². The zero-order valence-corrected chi connectivity index (χ0v) is 24.8. The molecule has 2 aromatic heterocycles. The van der Waals surface area contributed by atoms with Gasteiger partial charge in [0.1, 0.15) is 12.2 Å². The van der Waals surface area contributed by atoms with Crippen LogP contribution >= 0.6 is 23.2 Å². The first-order chi connectivity index (χ1) is 21.4. The van der Waals surface area contributed by atoms with Crippen LogP contribution in [0.1, 0.15) is 54.6 Å². The molecule has 1 amide bonds. The number of hydrogen-bond acceptors (Lipinski definition) is 7. The van der Waals surface area contributed by atoms with Crippen molar-refractivity contribution < 1.29 is 22.8 Å². The lowest BCUT2D eigenvalue weighted by Crippen LogP contribution is -2.25. The first-order valence-electron chi connectivity index (χ1n) is 13.2. The molecule has 0 radical (unpaired) electrons. The largest absolute Gasteiger partial charge is 0.455 e. The molecule has 45 heavy (non-hydrogen) atoms. The van der Waals surface area contributed by atoms with E-state index in [1.54, 1.807) is 61.5 Å². The minimum absolute atomic E-state index is 0.0447. The van der Waals surface area contributed by atoms with E-state index in [4.69, 9.17) is 23.2 Å². The fourth-order valence-corrected chi connectivity index (χ4v) is 5.00. The summed E-state index contributed by atoms with van der Waals surface area (Å²) in [5.74, 6) is -2.40. The summed E-state index contributed by atoms with van der Waals surface area (Å²) < 4.78 is 40.3. The number of nitrogens with one attached hydrogen (secondary N) is 1. The van der Waals surface area contributed by atoms with Gasteiger partial charge in [0, 0.05) is 23.6 Å². The number of hydrogen-bond donors (Lipinski definition) is 1. The summed E-state index contributed by atoms with van der Waals surface area (Å²) in [7, 11) is 0. The predicted molar refractivity (Wildman–Crippen MR) is 157 cm³/mol. The number of amides is 1. The third-order valence-electron chi connectivity index (χ3n) is 6.66. The van der Waals surface area contributed by atoms with Crippen molar-refractivity contribution in [1.29, 1.82) is 5.26 Å². The van der Waals surface area contributed by atoms with Gasteiger partial charge in [-0.1, -0.05) is 47.5 Å². The second-order valence-electron chi connectivity index (χ2n) is 9.87. The second-order valence-corrected chi connectivity index (χ2v) is 10.7. The SMILES string of the molecule is Cc1cc(C#N)cc(C(=O)NCc2cccc(Cl)c2)c1CC(=O)c1cc(Cn2nnc(C(F)(F)F)n2)nn1-c1ccccc1Cl. The number of aromatic nitrogens is 6. The summed E-state index contributed by atoms with van der Waals surface area (Å²) in [6.45, 7) is 1.51. The zero-order chi connectivity index (χ0) is 32.3. The van der Waals surface area contributed by atoms with Crippen LogP contribution in [0.3, 0.4) is 0 Å². The van der Waals surface area contributed by atoms with Crippen molar-refractivity contribution >= 4 is 34.9 Å². The average Bonchev–Trinajstić information content (AvgIpc) is 3.65. The number of nitrogens with zero attached hydrogens (tertiary/aromatic N) is 7. The van der Waals surface area contributed by atoms with Gasteiger partial charge in [0.2, 0.25) is 0 Å². The number of benzene rings is 3. The zero-order valence-electron chi connectivity index (χ0n) is 23.3. The number of tetrazole rings is 1. The molecule has 3 aromatic carbocycles. The first-order valence-corrected chi connectivity index (χ1v) is 14.0. The van der Waals surface area contributed by atoms with E-state index >= 15 is 0 Å². The summed E-state index contributed by atoms with van der Waals surface area (Å²) >= 11 is 12.5. The fraction of sp³-hybridized carbons (Fsp3) is 0.167. The topological polar surface area (TPSA) is 131 Å². The standard InChI is InChI=1S/C30H21Cl2F3N8O2/c1-17-9-19(14-36)11-23(28(45)37-15-18-5-4-6-20(31)10-18)22(17)13-27(44)26-12-21(16-42-40-29(38-41-42)30(33,34)35)39-43(26)25-8-3-2-7-24(25)32/h2-12H,13,15-16H2,1H3,(H,37,45). The van der Waals surface area contributed by atoms with Crippen molar-refractivity contribution in [2.24, 2.45) is 0 Å². The first kappa shape index (κ1) is 31.4. The molecule has 0 aliphatic carbocycles. The highest BCUT2D eigenvalue weighted by Crippen LogP contribution is 2.27. The van der Waals surface area contributed by atoms with E-state index in [0.29, 0.717) is 26.6 Å². The number of carbonyl (C=O) groups is 2.